The predicted molar refractivity (Wildman–Crippen MR) is 109 cm³/mol. The molecule has 0 aliphatic carbocycles. The average molecular weight is 392 g/mol. The fraction of sp³-hybridized carbons (Fsp3) is 0.0952. The number of rotatable bonds is 4. The lowest BCUT2D eigenvalue weighted by molar-refractivity contribution is -0.114. The Balaban J connectivity index is 1.74. The lowest BCUT2D eigenvalue weighted by Crippen LogP contribution is -2.10. The van der Waals surface area contributed by atoms with E-state index in [4.69, 9.17) is 0 Å². The van der Waals surface area contributed by atoms with Gasteiger partial charge in [-0.15, -0.1) is 11.3 Å². The minimum absolute atomic E-state index is 0.188. The molecule has 0 saturated heterocycles. The Hall–Kier alpha value is -3.32. The molecule has 2 aromatic carbocycles. The van der Waals surface area contributed by atoms with Crippen molar-refractivity contribution in [1.82, 2.24) is 14.8 Å². The highest BCUT2D eigenvalue weighted by Gasteiger charge is 2.15. The third-order valence-electron chi connectivity index (χ3n) is 4.17. The first kappa shape index (κ1) is 18.1. The third-order valence-corrected chi connectivity index (χ3v) is 4.99. The molecular weight excluding hydrogens is 375 g/mol. The summed E-state index contributed by atoms with van der Waals surface area (Å²) in [5, 5.41) is 9.95. The molecule has 0 spiro atoms. The van der Waals surface area contributed by atoms with E-state index in [2.05, 4.69) is 15.4 Å². The van der Waals surface area contributed by atoms with Crippen LogP contribution < -0.4 is 5.32 Å². The van der Waals surface area contributed by atoms with Gasteiger partial charge in [-0.3, -0.25) is 4.79 Å². The minimum atomic E-state index is -0.290. The quantitative estimate of drug-likeness (QED) is 0.528. The number of aryl methyl sites for hydroxylation is 1. The lowest BCUT2D eigenvalue weighted by Gasteiger charge is -2.03. The predicted octanol–water partition coefficient (Wildman–Crippen LogP) is 5.07. The molecule has 0 atom stereocenters. The molecule has 4 aromatic rings. The second-order valence-corrected chi connectivity index (χ2v) is 7.23. The number of nitrogens with one attached hydrogen (secondary N) is 1. The topological polar surface area (TPSA) is 59.8 Å². The maximum atomic E-state index is 13.2. The molecule has 4 rings (SSSR count). The number of benzene rings is 2. The van der Waals surface area contributed by atoms with Crippen LogP contribution in [0.15, 0.2) is 60.0 Å². The zero-order valence-electron chi connectivity index (χ0n) is 15.3. The highest BCUT2D eigenvalue weighted by Crippen LogP contribution is 2.29. The average Bonchev–Trinajstić information content (AvgIpc) is 3.30. The molecule has 140 valence electrons. The first-order valence-corrected chi connectivity index (χ1v) is 9.54. The zero-order chi connectivity index (χ0) is 19.7. The van der Waals surface area contributed by atoms with E-state index >= 15 is 0 Å². The van der Waals surface area contributed by atoms with E-state index in [1.807, 2.05) is 42.6 Å². The van der Waals surface area contributed by atoms with Crippen molar-refractivity contribution in [2.24, 2.45) is 0 Å². The number of carbonyl (C=O) groups is 1. The van der Waals surface area contributed by atoms with Crippen LogP contribution in [0.1, 0.15) is 12.5 Å². The maximum Gasteiger partial charge on any atom is 0.222 e. The molecule has 0 saturated carbocycles. The smallest absolute Gasteiger partial charge is 0.222 e. The molecule has 7 heteroatoms. The van der Waals surface area contributed by atoms with E-state index in [-0.39, 0.29) is 11.7 Å². The van der Waals surface area contributed by atoms with Crippen LogP contribution in [0.2, 0.25) is 0 Å². The van der Waals surface area contributed by atoms with Gasteiger partial charge in [0, 0.05) is 29.5 Å². The Bertz CT molecular complexity index is 1130. The number of amides is 1. The van der Waals surface area contributed by atoms with Crippen LogP contribution in [-0.2, 0) is 4.79 Å². The van der Waals surface area contributed by atoms with Crippen LogP contribution in [0.25, 0.3) is 27.6 Å². The van der Waals surface area contributed by atoms with Gasteiger partial charge in [0.05, 0.1) is 11.4 Å². The monoisotopic (exact) mass is 392 g/mol. The number of aromatic nitrogens is 3. The normalized spacial score (nSPS) is 10.8. The van der Waals surface area contributed by atoms with Crippen molar-refractivity contribution in [2.45, 2.75) is 13.8 Å². The lowest BCUT2D eigenvalue weighted by atomic mass is 10.1. The molecule has 28 heavy (non-hydrogen) atoms. The van der Waals surface area contributed by atoms with Gasteiger partial charge in [-0.2, -0.15) is 9.78 Å². The number of nitrogens with zero attached hydrogens (tertiary/aromatic N) is 3. The molecule has 0 bridgehead atoms. The molecule has 0 aliphatic rings. The summed E-state index contributed by atoms with van der Waals surface area (Å²) in [4.78, 5) is 16.3. The number of halogens is 1. The van der Waals surface area contributed by atoms with Crippen LogP contribution in [0.5, 0.6) is 0 Å². The van der Waals surface area contributed by atoms with Crippen LogP contribution in [-0.4, -0.2) is 20.7 Å². The van der Waals surface area contributed by atoms with Gasteiger partial charge in [-0.05, 0) is 31.2 Å². The summed E-state index contributed by atoms with van der Waals surface area (Å²) in [5.41, 5.74) is 4.39. The molecule has 2 aromatic heterocycles. The van der Waals surface area contributed by atoms with Gasteiger partial charge < -0.3 is 5.32 Å². The van der Waals surface area contributed by atoms with Gasteiger partial charge in [0.2, 0.25) is 11.0 Å². The fourth-order valence-electron chi connectivity index (χ4n) is 2.78. The van der Waals surface area contributed by atoms with Crippen molar-refractivity contribution in [3.05, 3.63) is 71.4 Å². The van der Waals surface area contributed by atoms with Crippen molar-refractivity contribution in [2.75, 3.05) is 5.32 Å². The first-order valence-electron chi connectivity index (χ1n) is 8.66. The van der Waals surface area contributed by atoms with E-state index in [1.165, 1.54) is 30.4 Å². The Kier molecular flexibility index (Phi) is 4.75. The fourth-order valence-corrected chi connectivity index (χ4v) is 3.57. The summed E-state index contributed by atoms with van der Waals surface area (Å²) in [6.07, 6.45) is 0. The minimum Gasteiger partial charge on any atom is -0.311 e. The van der Waals surface area contributed by atoms with Crippen LogP contribution in [0, 0.1) is 12.7 Å². The number of thiazole rings is 1. The van der Waals surface area contributed by atoms with Crippen molar-refractivity contribution in [3.63, 3.8) is 0 Å². The Morgan fingerprint density at radius 1 is 1.04 bits per heavy atom. The molecule has 2 heterocycles. The van der Waals surface area contributed by atoms with Crippen molar-refractivity contribution in [3.8, 4) is 27.6 Å². The molecule has 0 unspecified atom stereocenters. The Morgan fingerprint density at radius 2 is 1.68 bits per heavy atom. The van der Waals surface area contributed by atoms with Crippen LogP contribution >= 0.6 is 11.3 Å². The summed E-state index contributed by atoms with van der Waals surface area (Å²) in [6.45, 7) is 3.48. The van der Waals surface area contributed by atoms with Gasteiger partial charge in [-0.25, -0.2) is 9.37 Å². The van der Waals surface area contributed by atoms with E-state index in [1.54, 1.807) is 16.8 Å². The van der Waals surface area contributed by atoms with Crippen LogP contribution in [0.3, 0.4) is 0 Å². The van der Waals surface area contributed by atoms with E-state index < -0.39 is 0 Å². The standard InChI is InChI=1S/C21H17FN4OS/c1-13-3-5-15(6-4-13)18-11-20(23-14(2)27)26(25-18)21-24-19(12-28-21)16-7-9-17(22)10-8-16/h3-12H,1-2H3,(H,23,27). The van der Waals surface area contributed by atoms with E-state index in [9.17, 15) is 9.18 Å². The number of anilines is 1. The van der Waals surface area contributed by atoms with Crippen molar-refractivity contribution >= 4 is 23.1 Å². The Labute approximate surface area is 165 Å². The third kappa shape index (κ3) is 3.70. The molecular formula is C21H17FN4OS. The first-order chi connectivity index (χ1) is 13.5. The second kappa shape index (κ2) is 7.36. The molecule has 0 radical (unpaired) electrons. The molecule has 1 N–H and O–H groups in total. The molecule has 5 nitrogen and oxygen atoms in total. The maximum absolute atomic E-state index is 13.2. The highest BCUT2D eigenvalue weighted by molar-refractivity contribution is 7.12. The van der Waals surface area contributed by atoms with Gasteiger partial charge >= 0.3 is 0 Å². The van der Waals surface area contributed by atoms with Crippen molar-refractivity contribution in [1.29, 1.82) is 0 Å². The number of hydrogen-bond acceptors (Lipinski definition) is 4. The van der Waals surface area contributed by atoms with Crippen LogP contribution in [0.4, 0.5) is 10.2 Å². The van der Waals surface area contributed by atoms with Gasteiger partial charge in [0.15, 0.2) is 0 Å². The summed E-state index contributed by atoms with van der Waals surface area (Å²) in [5.74, 6) is 0.0666. The summed E-state index contributed by atoms with van der Waals surface area (Å²) in [6, 6.07) is 16.0. The van der Waals surface area contributed by atoms with Crippen molar-refractivity contribution < 1.29 is 9.18 Å². The largest absolute Gasteiger partial charge is 0.311 e. The second-order valence-electron chi connectivity index (χ2n) is 6.40. The zero-order valence-corrected chi connectivity index (χ0v) is 16.1. The van der Waals surface area contributed by atoms with Gasteiger partial charge in [0.1, 0.15) is 11.6 Å². The van der Waals surface area contributed by atoms with Gasteiger partial charge in [-0.1, -0.05) is 29.8 Å². The number of carbonyl (C=O) groups excluding carboxylic acids is 1. The Morgan fingerprint density at radius 3 is 2.36 bits per heavy atom. The molecule has 1 amide bonds. The van der Waals surface area contributed by atoms with E-state index in [0.717, 1.165) is 28.1 Å². The summed E-state index contributed by atoms with van der Waals surface area (Å²) < 4.78 is 14.8. The highest BCUT2D eigenvalue weighted by atomic mass is 32.1. The summed E-state index contributed by atoms with van der Waals surface area (Å²) >= 11 is 1.40. The molecule has 0 fully saturated rings. The summed E-state index contributed by atoms with van der Waals surface area (Å²) in [7, 11) is 0. The SMILES string of the molecule is CC(=O)Nc1cc(-c2ccc(C)cc2)nn1-c1nc(-c2ccc(F)cc2)cs1. The van der Waals surface area contributed by atoms with Gasteiger partial charge in [0.25, 0.3) is 0 Å². The van der Waals surface area contributed by atoms with E-state index in [0.29, 0.717) is 10.9 Å². The molecule has 0 aliphatic heterocycles. The number of hydrogen-bond donors (Lipinski definition) is 1.